The summed E-state index contributed by atoms with van der Waals surface area (Å²) >= 11 is 3.41. The first-order chi connectivity index (χ1) is 9.00. The molecule has 2 aromatic rings. The van der Waals surface area contributed by atoms with Gasteiger partial charge in [0.1, 0.15) is 11.6 Å². The highest BCUT2D eigenvalue weighted by Gasteiger charge is 2.19. The van der Waals surface area contributed by atoms with Crippen molar-refractivity contribution in [2.45, 2.75) is 19.4 Å². The Morgan fingerprint density at radius 1 is 1.16 bits per heavy atom. The van der Waals surface area contributed by atoms with Gasteiger partial charge in [0.15, 0.2) is 0 Å². The highest BCUT2D eigenvalue weighted by molar-refractivity contribution is 9.10. The van der Waals surface area contributed by atoms with Gasteiger partial charge in [-0.1, -0.05) is 40.2 Å². The average molecular weight is 326 g/mol. The van der Waals surface area contributed by atoms with Gasteiger partial charge < -0.3 is 5.73 Å². The van der Waals surface area contributed by atoms with Crippen LogP contribution in [0.4, 0.5) is 8.78 Å². The minimum atomic E-state index is -0.710. The molecule has 0 spiro atoms. The summed E-state index contributed by atoms with van der Waals surface area (Å²) in [5.74, 6) is -1.15. The first-order valence-electron chi connectivity index (χ1n) is 5.94. The Kier molecular flexibility index (Phi) is 4.32. The lowest BCUT2D eigenvalue weighted by Crippen LogP contribution is -2.17. The van der Waals surface area contributed by atoms with Gasteiger partial charge in [-0.25, -0.2) is 8.78 Å². The zero-order chi connectivity index (χ0) is 14.0. The van der Waals surface area contributed by atoms with Crippen LogP contribution in [0.1, 0.15) is 22.7 Å². The van der Waals surface area contributed by atoms with Crippen molar-refractivity contribution in [3.8, 4) is 0 Å². The van der Waals surface area contributed by atoms with Gasteiger partial charge in [0.2, 0.25) is 0 Å². The van der Waals surface area contributed by atoms with Crippen LogP contribution in [-0.4, -0.2) is 0 Å². The molecule has 4 heteroatoms. The van der Waals surface area contributed by atoms with Crippen molar-refractivity contribution >= 4 is 15.9 Å². The van der Waals surface area contributed by atoms with Crippen molar-refractivity contribution in [2.75, 3.05) is 0 Å². The van der Waals surface area contributed by atoms with Crippen LogP contribution in [0.25, 0.3) is 0 Å². The fraction of sp³-hybridized carbons (Fsp3) is 0.200. The molecule has 0 bridgehead atoms. The molecule has 0 saturated carbocycles. The lowest BCUT2D eigenvalue weighted by Gasteiger charge is -2.16. The molecule has 0 aromatic heterocycles. The third kappa shape index (κ3) is 3.01. The first-order valence-corrected chi connectivity index (χ1v) is 6.73. The predicted octanol–water partition coefficient (Wildman–Crippen LogP) is 4.28. The zero-order valence-corrected chi connectivity index (χ0v) is 12.0. The van der Waals surface area contributed by atoms with Gasteiger partial charge in [-0.3, -0.25) is 0 Å². The van der Waals surface area contributed by atoms with Crippen LogP contribution in [0.3, 0.4) is 0 Å². The third-order valence-electron chi connectivity index (χ3n) is 3.09. The Morgan fingerprint density at radius 2 is 1.84 bits per heavy atom. The molecule has 0 aliphatic rings. The van der Waals surface area contributed by atoms with Gasteiger partial charge in [-0.05, 0) is 36.6 Å². The fourth-order valence-electron chi connectivity index (χ4n) is 2.02. The minimum Gasteiger partial charge on any atom is -0.323 e. The maximum atomic E-state index is 14.0. The third-order valence-corrected chi connectivity index (χ3v) is 3.86. The molecule has 1 atom stereocenters. The van der Waals surface area contributed by atoms with Crippen LogP contribution in [-0.2, 0) is 6.42 Å². The molecule has 0 saturated heterocycles. The zero-order valence-electron chi connectivity index (χ0n) is 10.5. The molecule has 1 unspecified atom stereocenters. The van der Waals surface area contributed by atoms with Gasteiger partial charge >= 0.3 is 0 Å². The van der Waals surface area contributed by atoms with E-state index in [1.54, 1.807) is 6.92 Å². The van der Waals surface area contributed by atoms with Crippen LogP contribution in [0, 0.1) is 18.6 Å². The second-order valence-corrected chi connectivity index (χ2v) is 5.35. The van der Waals surface area contributed by atoms with E-state index in [1.165, 1.54) is 12.1 Å². The Balaban J connectivity index is 2.33. The normalized spacial score (nSPS) is 12.5. The Bertz CT molecular complexity index is 599. The average Bonchev–Trinajstić information content (AvgIpc) is 2.37. The summed E-state index contributed by atoms with van der Waals surface area (Å²) in [6.07, 6.45) is 0.374. The number of halogens is 3. The van der Waals surface area contributed by atoms with Crippen LogP contribution < -0.4 is 5.73 Å². The van der Waals surface area contributed by atoms with Crippen LogP contribution in [0.2, 0.25) is 0 Å². The molecular formula is C15H14BrF2N. The highest BCUT2D eigenvalue weighted by Crippen LogP contribution is 2.27. The second-order valence-electron chi connectivity index (χ2n) is 4.49. The van der Waals surface area contributed by atoms with E-state index in [2.05, 4.69) is 15.9 Å². The molecule has 19 heavy (non-hydrogen) atoms. The van der Waals surface area contributed by atoms with Gasteiger partial charge in [-0.15, -0.1) is 0 Å². The lowest BCUT2D eigenvalue weighted by molar-refractivity contribution is 0.520. The molecule has 2 rings (SSSR count). The highest BCUT2D eigenvalue weighted by atomic mass is 79.9. The van der Waals surface area contributed by atoms with E-state index in [1.807, 2.05) is 24.3 Å². The Hall–Kier alpha value is -1.26. The van der Waals surface area contributed by atoms with Gasteiger partial charge in [-0.2, -0.15) is 0 Å². The predicted molar refractivity (Wildman–Crippen MR) is 75.9 cm³/mol. The molecule has 100 valence electrons. The van der Waals surface area contributed by atoms with Crippen molar-refractivity contribution in [1.29, 1.82) is 0 Å². The maximum Gasteiger partial charge on any atom is 0.133 e. The van der Waals surface area contributed by atoms with E-state index in [4.69, 9.17) is 5.73 Å². The van der Waals surface area contributed by atoms with Gasteiger partial charge in [0.05, 0.1) is 0 Å². The van der Waals surface area contributed by atoms with E-state index in [9.17, 15) is 8.78 Å². The van der Waals surface area contributed by atoms with Crippen molar-refractivity contribution < 1.29 is 8.78 Å². The summed E-state index contributed by atoms with van der Waals surface area (Å²) in [6.45, 7) is 1.60. The molecule has 0 aliphatic heterocycles. The monoisotopic (exact) mass is 325 g/mol. The molecular weight excluding hydrogens is 312 g/mol. The van der Waals surface area contributed by atoms with Crippen LogP contribution in [0.5, 0.6) is 0 Å². The van der Waals surface area contributed by atoms with E-state index in [0.717, 1.165) is 10.0 Å². The largest absolute Gasteiger partial charge is 0.323 e. The molecule has 0 heterocycles. The molecule has 0 amide bonds. The standard InChI is InChI=1S/C15H14BrF2N/c1-9-6-7-12(17)14(15(9)18)13(19)8-10-4-2-3-5-11(10)16/h2-7,13H,8,19H2,1H3. The van der Waals surface area contributed by atoms with E-state index in [-0.39, 0.29) is 5.56 Å². The van der Waals surface area contributed by atoms with Gasteiger partial charge in [0, 0.05) is 16.1 Å². The first kappa shape index (κ1) is 14.2. The van der Waals surface area contributed by atoms with Crippen LogP contribution in [0.15, 0.2) is 40.9 Å². The number of benzene rings is 2. The minimum absolute atomic E-state index is 0.0456. The number of aryl methyl sites for hydroxylation is 1. The summed E-state index contributed by atoms with van der Waals surface area (Å²) in [5, 5.41) is 0. The molecule has 0 radical (unpaired) electrons. The number of hydrogen-bond acceptors (Lipinski definition) is 1. The van der Waals surface area contributed by atoms with Crippen molar-refractivity contribution in [2.24, 2.45) is 5.73 Å². The summed E-state index contributed by atoms with van der Waals surface area (Å²) in [7, 11) is 0. The topological polar surface area (TPSA) is 26.0 Å². The fourth-order valence-corrected chi connectivity index (χ4v) is 2.47. The van der Waals surface area contributed by atoms with Crippen molar-refractivity contribution in [3.05, 3.63) is 69.2 Å². The maximum absolute atomic E-state index is 14.0. The van der Waals surface area contributed by atoms with E-state index in [0.29, 0.717) is 12.0 Å². The van der Waals surface area contributed by atoms with Crippen molar-refractivity contribution in [1.82, 2.24) is 0 Å². The summed E-state index contributed by atoms with van der Waals surface area (Å²) in [5.41, 5.74) is 7.25. The van der Waals surface area contributed by atoms with Gasteiger partial charge in [0.25, 0.3) is 0 Å². The Labute approximate surface area is 119 Å². The van der Waals surface area contributed by atoms with E-state index < -0.39 is 17.7 Å². The number of hydrogen-bond donors (Lipinski definition) is 1. The second kappa shape index (κ2) is 5.80. The SMILES string of the molecule is Cc1ccc(F)c(C(N)Cc2ccccc2Br)c1F. The smallest absolute Gasteiger partial charge is 0.133 e. The molecule has 0 aliphatic carbocycles. The molecule has 2 N–H and O–H groups in total. The molecule has 1 nitrogen and oxygen atoms in total. The number of nitrogens with two attached hydrogens (primary N) is 1. The molecule has 2 aromatic carbocycles. The van der Waals surface area contributed by atoms with Crippen molar-refractivity contribution in [3.63, 3.8) is 0 Å². The molecule has 0 fully saturated rings. The quantitative estimate of drug-likeness (QED) is 0.895. The number of rotatable bonds is 3. The summed E-state index contributed by atoms with van der Waals surface area (Å²) < 4.78 is 28.6. The lowest BCUT2D eigenvalue weighted by atomic mass is 9.97. The summed E-state index contributed by atoms with van der Waals surface area (Å²) in [6, 6.07) is 9.48. The Morgan fingerprint density at radius 3 is 2.53 bits per heavy atom. The van der Waals surface area contributed by atoms with E-state index >= 15 is 0 Å². The summed E-state index contributed by atoms with van der Waals surface area (Å²) in [4.78, 5) is 0. The van der Waals surface area contributed by atoms with Crippen LogP contribution >= 0.6 is 15.9 Å².